The molecule has 0 radical (unpaired) electrons. The van der Waals surface area contributed by atoms with E-state index in [1.54, 1.807) is 17.9 Å². The average Bonchev–Trinajstić information content (AvgIpc) is 2.64. The summed E-state index contributed by atoms with van der Waals surface area (Å²) in [6.07, 6.45) is 0.317. The number of nitriles is 1. The summed E-state index contributed by atoms with van der Waals surface area (Å²) in [4.78, 5) is 13.6. The predicted molar refractivity (Wildman–Crippen MR) is 57.6 cm³/mol. The highest BCUT2D eigenvalue weighted by Crippen LogP contribution is 2.10. The van der Waals surface area contributed by atoms with Crippen LogP contribution in [0.1, 0.15) is 36.5 Å². The van der Waals surface area contributed by atoms with Crippen molar-refractivity contribution in [2.45, 2.75) is 33.2 Å². The molecule has 0 fully saturated rings. The van der Waals surface area contributed by atoms with Crippen LogP contribution in [0.2, 0.25) is 0 Å². The molecule has 16 heavy (non-hydrogen) atoms. The third kappa shape index (κ3) is 2.83. The fourth-order valence-corrected chi connectivity index (χ4v) is 1.37. The van der Waals surface area contributed by atoms with Crippen LogP contribution >= 0.6 is 0 Å². The summed E-state index contributed by atoms with van der Waals surface area (Å²) < 4.78 is 4.91. The van der Waals surface area contributed by atoms with E-state index in [1.165, 1.54) is 0 Å². The van der Waals surface area contributed by atoms with E-state index >= 15 is 0 Å². The molecule has 0 aliphatic rings. The van der Waals surface area contributed by atoms with Gasteiger partial charge in [0.25, 0.3) is 5.91 Å². The van der Waals surface area contributed by atoms with Gasteiger partial charge < -0.3 is 9.42 Å². The van der Waals surface area contributed by atoms with Crippen LogP contribution in [0, 0.1) is 18.3 Å². The fraction of sp³-hybridized carbons (Fsp3) is 0.545. The third-order valence-corrected chi connectivity index (χ3v) is 2.19. The monoisotopic (exact) mass is 221 g/mol. The van der Waals surface area contributed by atoms with E-state index in [9.17, 15) is 4.79 Å². The zero-order chi connectivity index (χ0) is 12.1. The Kier molecular flexibility index (Phi) is 4.06. The second-order valence-electron chi connectivity index (χ2n) is 3.83. The molecule has 0 N–H and O–H groups in total. The summed E-state index contributed by atoms with van der Waals surface area (Å²) in [5, 5.41) is 12.2. The van der Waals surface area contributed by atoms with Gasteiger partial charge in [0.15, 0.2) is 0 Å². The molecule has 0 aliphatic heterocycles. The minimum absolute atomic E-state index is 0.0336. The Hall–Kier alpha value is -1.83. The molecule has 1 aromatic rings. The van der Waals surface area contributed by atoms with Crippen molar-refractivity contribution in [2.24, 2.45) is 0 Å². The highest BCUT2D eigenvalue weighted by Gasteiger charge is 2.21. The molecule has 0 aromatic carbocycles. The molecular weight excluding hydrogens is 206 g/mol. The summed E-state index contributed by atoms with van der Waals surface area (Å²) in [5.74, 6) is 0.00925. The number of amides is 1. The van der Waals surface area contributed by atoms with Crippen LogP contribution < -0.4 is 0 Å². The number of carbonyl (C=O) groups excluding carboxylic acids is 1. The summed E-state index contributed by atoms with van der Waals surface area (Å²) in [6, 6.07) is 3.66. The Bertz CT molecular complexity index is 404. The Labute approximate surface area is 94.6 Å². The standard InChI is InChI=1S/C11H15N3O2/c1-8(2)14(6-4-5-12)11(15)10-7-9(3)13-16-10/h7-8H,4,6H2,1-3H3. The third-order valence-electron chi connectivity index (χ3n) is 2.19. The smallest absolute Gasteiger partial charge is 0.292 e. The van der Waals surface area contributed by atoms with E-state index in [1.807, 2.05) is 19.9 Å². The fourth-order valence-electron chi connectivity index (χ4n) is 1.37. The first-order chi connectivity index (χ1) is 7.56. The maximum atomic E-state index is 12.0. The zero-order valence-corrected chi connectivity index (χ0v) is 9.73. The van der Waals surface area contributed by atoms with Crippen LogP contribution in [0.25, 0.3) is 0 Å². The van der Waals surface area contributed by atoms with Gasteiger partial charge in [-0.15, -0.1) is 0 Å². The minimum Gasteiger partial charge on any atom is -0.351 e. The lowest BCUT2D eigenvalue weighted by molar-refractivity contribution is 0.0667. The highest BCUT2D eigenvalue weighted by atomic mass is 16.5. The number of aryl methyl sites for hydroxylation is 1. The molecule has 1 aromatic heterocycles. The molecule has 1 amide bonds. The summed E-state index contributed by atoms with van der Waals surface area (Å²) >= 11 is 0. The van der Waals surface area contributed by atoms with E-state index in [2.05, 4.69) is 5.16 Å². The van der Waals surface area contributed by atoms with Crippen molar-refractivity contribution < 1.29 is 9.32 Å². The second-order valence-corrected chi connectivity index (χ2v) is 3.83. The van der Waals surface area contributed by atoms with Gasteiger partial charge in [-0.1, -0.05) is 5.16 Å². The second kappa shape index (κ2) is 5.31. The van der Waals surface area contributed by atoms with Crippen molar-refractivity contribution >= 4 is 5.91 Å². The lowest BCUT2D eigenvalue weighted by Gasteiger charge is -2.24. The maximum Gasteiger partial charge on any atom is 0.292 e. The number of aromatic nitrogens is 1. The van der Waals surface area contributed by atoms with Crippen LogP contribution in [0.3, 0.4) is 0 Å². The Balaban J connectivity index is 2.79. The van der Waals surface area contributed by atoms with Crippen LogP contribution in [-0.2, 0) is 0 Å². The molecule has 0 saturated heterocycles. The Morgan fingerprint density at radius 1 is 1.69 bits per heavy atom. The molecule has 86 valence electrons. The highest BCUT2D eigenvalue weighted by molar-refractivity contribution is 5.91. The lowest BCUT2D eigenvalue weighted by Crippen LogP contribution is -2.37. The molecule has 0 aliphatic carbocycles. The first kappa shape index (κ1) is 12.2. The molecule has 0 atom stereocenters. The van der Waals surface area contributed by atoms with E-state index in [4.69, 9.17) is 9.78 Å². The Morgan fingerprint density at radius 3 is 2.81 bits per heavy atom. The van der Waals surface area contributed by atoms with Crippen LogP contribution in [0.4, 0.5) is 0 Å². The molecule has 5 nitrogen and oxygen atoms in total. The normalized spacial score (nSPS) is 10.2. The van der Waals surface area contributed by atoms with Crippen molar-refractivity contribution in [3.05, 3.63) is 17.5 Å². The van der Waals surface area contributed by atoms with Crippen molar-refractivity contribution in [1.29, 1.82) is 5.26 Å². The number of rotatable bonds is 4. The van der Waals surface area contributed by atoms with E-state index in [0.29, 0.717) is 18.7 Å². The van der Waals surface area contributed by atoms with Gasteiger partial charge in [0, 0.05) is 18.7 Å². The van der Waals surface area contributed by atoms with Crippen molar-refractivity contribution in [3.63, 3.8) is 0 Å². The van der Waals surface area contributed by atoms with Gasteiger partial charge in [-0.2, -0.15) is 5.26 Å². The van der Waals surface area contributed by atoms with Crippen LogP contribution in [-0.4, -0.2) is 28.6 Å². The summed E-state index contributed by atoms with van der Waals surface area (Å²) in [5.41, 5.74) is 0.673. The van der Waals surface area contributed by atoms with Crippen molar-refractivity contribution in [2.75, 3.05) is 6.54 Å². The number of hydrogen-bond donors (Lipinski definition) is 0. The number of carbonyl (C=O) groups is 1. The van der Waals surface area contributed by atoms with Crippen LogP contribution in [0.5, 0.6) is 0 Å². The van der Waals surface area contributed by atoms with Crippen molar-refractivity contribution in [1.82, 2.24) is 10.1 Å². The first-order valence-corrected chi connectivity index (χ1v) is 5.17. The Morgan fingerprint density at radius 2 is 2.38 bits per heavy atom. The van der Waals surface area contributed by atoms with Gasteiger partial charge in [-0.25, -0.2) is 0 Å². The van der Waals surface area contributed by atoms with Gasteiger partial charge in [0.05, 0.1) is 18.2 Å². The average molecular weight is 221 g/mol. The molecule has 0 saturated carbocycles. The lowest BCUT2D eigenvalue weighted by atomic mass is 10.2. The topological polar surface area (TPSA) is 70.1 Å². The number of nitrogens with zero attached hydrogens (tertiary/aromatic N) is 3. The van der Waals surface area contributed by atoms with Gasteiger partial charge in [0.2, 0.25) is 5.76 Å². The summed E-state index contributed by atoms with van der Waals surface area (Å²) in [6.45, 7) is 5.97. The molecule has 0 unspecified atom stereocenters. The quantitative estimate of drug-likeness (QED) is 0.776. The number of hydrogen-bond acceptors (Lipinski definition) is 4. The molecule has 0 spiro atoms. The predicted octanol–water partition coefficient (Wildman–Crippen LogP) is 1.75. The van der Waals surface area contributed by atoms with Gasteiger partial charge in [-0.05, 0) is 20.8 Å². The van der Waals surface area contributed by atoms with Crippen molar-refractivity contribution in [3.8, 4) is 6.07 Å². The summed E-state index contributed by atoms with van der Waals surface area (Å²) in [7, 11) is 0. The van der Waals surface area contributed by atoms with E-state index in [-0.39, 0.29) is 17.7 Å². The molecule has 5 heteroatoms. The van der Waals surface area contributed by atoms with Gasteiger partial charge >= 0.3 is 0 Å². The molecule has 1 heterocycles. The SMILES string of the molecule is Cc1cc(C(=O)N(CCC#N)C(C)C)on1. The minimum atomic E-state index is -0.217. The molecule has 1 rings (SSSR count). The van der Waals surface area contributed by atoms with E-state index in [0.717, 1.165) is 0 Å². The van der Waals surface area contributed by atoms with E-state index < -0.39 is 0 Å². The zero-order valence-electron chi connectivity index (χ0n) is 9.73. The van der Waals surface area contributed by atoms with Gasteiger partial charge in [-0.3, -0.25) is 4.79 Å². The van der Waals surface area contributed by atoms with Crippen LogP contribution in [0.15, 0.2) is 10.6 Å². The maximum absolute atomic E-state index is 12.0. The molecule has 0 bridgehead atoms. The van der Waals surface area contributed by atoms with Gasteiger partial charge in [0.1, 0.15) is 0 Å². The first-order valence-electron chi connectivity index (χ1n) is 5.17. The largest absolute Gasteiger partial charge is 0.351 e. The molecular formula is C11H15N3O2.